The average Bonchev–Trinajstić information content (AvgIpc) is 3.54. The van der Waals surface area contributed by atoms with E-state index in [1.807, 2.05) is 18.2 Å². The molecule has 4 aromatic rings. The van der Waals surface area contributed by atoms with Crippen LogP contribution in [0, 0.1) is 5.92 Å². The molecule has 0 aliphatic carbocycles. The number of aryl methyl sites for hydroxylation is 1. The van der Waals surface area contributed by atoms with Gasteiger partial charge in [0.15, 0.2) is 5.65 Å². The van der Waals surface area contributed by atoms with Crippen LogP contribution in [0.2, 0.25) is 0 Å². The minimum Gasteiger partial charge on any atom is -0.355 e. The highest BCUT2D eigenvalue weighted by molar-refractivity contribution is 7.10. The lowest BCUT2D eigenvalue weighted by Crippen LogP contribution is -2.42. The Bertz CT molecular complexity index is 1180. The quantitative estimate of drug-likeness (QED) is 0.487. The maximum Gasteiger partial charge on any atom is 0.224 e. The van der Waals surface area contributed by atoms with Crippen molar-refractivity contribution in [3.8, 4) is 0 Å². The topological polar surface area (TPSA) is 75.4 Å². The van der Waals surface area contributed by atoms with Gasteiger partial charge in [-0.05, 0) is 54.0 Å². The molecule has 7 nitrogen and oxygen atoms in total. The number of hydrogen-bond acceptors (Lipinski definition) is 6. The minimum atomic E-state index is -0.107. The summed E-state index contributed by atoms with van der Waals surface area (Å²) < 4.78 is 1.68. The lowest BCUT2D eigenvalue weighted by molar-refractivity contribution is -0.126. The van der Waals surface area contributed by atoms with Crippen molar-refractivity contribution in [2.75, 3.05) is 18.0 Å². The Balaban J connectivity index is 1.26. The summed E-state index contributed by atoms with van der Waals surface area (Å²) in [5, 5.41) is 17.9. The second-order valence-electron chi connectivity index (χ2n) is 8.14. The first-order chi connectivity index (χ1) is 15.7. The van der Waals surface area contributed by atoms with Crippen molar-refractivity contribution in [2.45, 2.75) is 32.2 Å². The van der Waals surface area contributed by atoms with Gasteiger partial charge in [-0.3, -0.25) is 4.79 Å². The Morgan fingerprint density at radius 1 is 1.16 bits per heavy atom. The monoisotopic (exact) mass is 446 g/mol. The van der Waals surface area contributed by atoms with Crippen LogP contribution in [-0.4, -0.2) is 38.8 Å². The molecule has 1 amide bonds. The van der Waals surface area contributed by atoms with Gasteiger partial charge in [0.25, 0.3) is 0 Å². The van der Waals surface area contributed by atoms with E-state index in [1.54, 1.807) is 22.2 Å². The molecule has 8 heteroatoms. The van der Waals surface area contributed by atoms with Crippen molar-refractivity contribution in [2.24, 2.45) is 5.92 Å². The van der Waals surface area contributed by atoms with Gasteiger partial charge in [0.2, 0.25) is 5.91 Å². The van der Waals surface area contributed by atoms with E-state index in [1.165, 1.54) is 5.56 Å². The van der Waals surface area contributed by atoms with Crippen LogP contribution in [0.25, 0.3) is 5.65 Å². The maximum absolute atomic E-state index is 13.2. The van der Waals surface area contributed by atoms with E-state index >= 15 is 0 Å². The molecule has 1 atom stereocenters. The van der Waals surface area contributed by atoms with Gasteiger partial charge in [0.05, 0.1) is 6.04 Å². The summed E-state index contributed by atoms with van der Waals surface area (Å²) in [4.78, 5) is 16.6. The molecule has 32 heavy (non-hydrogen) atoms. The lowest BCUT2D eigenvalue weighted by Gasteiger charge is -2.32. The van der Waals surface area contributed by atoms with Crippen LogP contribution in [-0.2, 0) is 11.2 Å². The van der Waals surface area contributed by atoms with E-state index in [-0.39, 0.29) is 17.9 Å². The summed E-state index contributed by atoms with van der Waals surface area (Å²) in [6.45, 7) is 3.75. The lowest BCUT2D eigenvalue weighted by atomic mass is 9.94. The molecule has 1 aromatic carbocycles. The molecular weight excluding hydrogens is 420 g/mol. The fraction of sp³-hybridized carbons (Fsp3) is 0.333. The molecule has 5 rings (SSSR count). The number of rotatable bonds is 6. The molecule has 0 saturated carbocycles. The molecule has 0 bridgehead atoms. The Morgan fingerprint density at radius 2 is 1.97 bits per heavy atom. The summed E-state index contributed by atoms with van der Waals surface area (Å²) in [6, 6.07) is 16.5. The highest BCUT2D eigenvalue weighted by atomic mass is 32.1. The molecule has 3 aromatic heterocycles. The summed E-state index contributed by atoms with van der Waals surface area (Å²) >= 11 is 1.68. The van der Waals surface area contributed by atoms with Crippen LogP contribution in [0.15, 0.2) is 60.2 Å². The second-order valence-corrected chi connectivity index (χ2v) is 9.12. The zero-order valence-corrected chi connectivity index (χ0v) is 18.8. The van der Waals surface area contributed by atoms with Crippen molar-refractivity contribution in [3.05, 3.63) is 76.2 Å². The molecule has 164 valence electrons. The number of nitrogens with one attached hydrogen (secondary N) is 1. The SMILES string of the molecule is CCc1ccc([C@@H](NC(=O)C2CCN(c3ccc4nncn4n3)CC2)c2cccs2)cc1. The number of aromatic nitrogens is 4. The fourth-order valence-corrected chi connectivity index (χ4v) is 5.04. The highest BCUT2D eigenvalue weighted by Crippen LogP contribution is 2.28. The molecule has 1 aliphatic rings. The first-order valence-electron chi connectivity index (χ1n) is 11.1. The molecular formula is C24H26N6OS. The number of thiophene rings is 1. The van der Waals surface area contributed by atoms with Crippen molar-refractivity contribution in [3.63, 3.8) is 0 Å². The molecule has 0 unspecified atom stereocenters. The Morgan fingerprint density at radius 3 is 2.69 bits per heavy atom. The van der Waals surface area contributed by atoms with Gasteiger partial charge in [-0.1, -0.05) is 37.3 Å². The van der Waals surface area contributed by atoms with Gasteiger partial charge in [-0.25, -0.2) is 0 Å². The predicted molar refractivity (Wildman–Crippen MR) is 126 cm³/mol. The van der Waals surface area contributed by atoms with E-state index in [9.17, 15) is 4.79 Å². The van der Waals surface area contributed by atoms with Gasteiger partial charge < -0.3 is 10.2 Å². The third kappa shape index (κ3) is 4.23. The molecule has 1 aliphatic heterocycles. The second kappa shape index (κ2) is 9.08. The van der Waals surface area contributed by atoms with Gasteiger partial charge in [0.1, 0.15) is 12.1 Å². The summed E-state index contributed by atoms with van der Waals surface area (Å²) in [6.07, 6.45) is 4.23. The van der Waals surface area contributed by atoms with Crippen LogP contribution >= 0.6 is 11.3 Å². The maximum atomic E-state index is 13.2. The van der Waals surface area contributed by atoms with Crippen LogP contribution in [0.4, 0.5) is 5.82 Å². The molecule has 1 N–H and O–H groups in total. The molecule has 1 saturated heterocycles. The Kier molecular flexibility index (Phi) is 5.85. The van der Waals surface area contributed by atoms with Crippen molar-refractivity contribution in [1.29, 1.82) is 0 Å². The number of fused-ring (bicyclic) bond motifs is 1. The van der Waals surface area contributed by atoms with E-state index in [2.05, 4.69) is 68.1 Å². The number of anilines is 1. The van der Waals surface area contributed by atoms with Crippen LogP contribution in [0.3, 0.4) is 0 Å². The predicted octanol–water partition coefficient (Wildman–Crippen LogP) is 3.87. The fourth-order valence-electron chi connectivity index (χ4n) is 4.24. The van der Waals surface area contributed by atoms with Crippen LogP contribution in [0.1, 0.15) is 41.8 Å². The van der Waals surface area contributed by atoms with Crippen molar-refractivity contribution < 1.29 is 4.79 Å². The van der Waals surface area contributed by atoms with Crippen LogP contribution < -0.4 is 10.2 Å². The van der Waals surface area contributed by atoms with Gasteiger partial charge in [-0.15, -0.1) is 26.6 Å². The van der Waals surface area contributed by atoms with Crippen LogP contribution in [0.5, 0.6) is 0 Å². The van der Waals surface area contributed by atoms with E-state index < -0.39 is 0 Å². The smallest absolute Gasteiger partial charge is 0.224 e. The molecule has 0 radical (unpaired) electrons. The van der Waals surface area contributed by atoms with Crippen molar-refractivity contribution in [1.82, 2.24) is 25.1 Å². The number of amides is 1. The zero-order chi connectivity index (χ0) is 21.9. The van der Waals surface area contributed by atoms with E-state index in [4.69, 9.17) is 0 Å². The number of nitrogens with zero attached hydrogens (tertiary/aromatic N) is 5. The third-order valence-electron chi connectivity index (χ3n) is 6.17. The number of hydrogen-bond donors (Lipinski definition) is 1. The molecule has 0 spiro atoms. The minimum absolute atomic E-state index is 0.00210. The van der Waals surface area contributed by atoms with Gasteiger partial charge >= 0.3 is 0 Å². The van der Waals surface area contributed by atoms with Gasteiger partial charge in [-0.2, -0.15) is 4.52 Å². The molecule has 4 heterocycles. The number of piperidine rings is 1. The highest BCUT2D eigenvalue weighted by Gasteiger charge is 2.28. The normalized spacial score (nSPS) is 15.7. The zero-order valence-electron chi connectivity index (χ0n) is 18.0. The summed E-state index contributed by atoms with van der Waals surface area (Å²) in [5.74, 6) is 1.02. The largest absolute Gasteiger partial charge is 0.355 e. The standard InChI is InChI=1S/C24H26N6OS/c1-2-17-5-7-18(8-6-17)23(20-4-3-15-32-20)26-24(31)19-11-13-29(14-12-19)22-10-9-21-27-25-16-30(21)28-22/h3-10,15-16,19,23H,2,11-14H2,1H3,(H,26,31)/t23-/m1/s1. The number of carbonyl (C=O) groups excluding carboxylic acids is 1. The van der Waals surface area contributed by atoms with E-state index in [0.29, 0.717) is 0 Å². The van der Waals surface area contributed by atoms with Crippen molar-refractivity contribution >= 4 is 28.7 Å². The third-order valence-corrected chi connectivity index (χ3v) is 7.11. The summed E-state index contributed by atoms with van der Waals surface area (Å²) in [7, 11) is 0. The first kappa shape index (κ1) is 20.6. The van der Waals surface area contributed by atoms with E-state index in [0.717, 1.165) is 54.3 Å². The average molecular weight is 447 g/mol. The van der Waals surface area contributed by atoms with Gasteiger partial charge in [0, 0.05) is 23.9 Å². The first-order valence-corrected chi connectivity index (χ1v) is 11.9. The number of carbonyl (C=O) groups is 1. The Labute approximate surface area is 191 Å². The summed E-state index contributed by atoms with van der Waals surface area (Å²) in [5.41, 5.74) is 3.16. The molecule has 1 fully saturated rings. The number of benzene rings is 1. The Hall–Kier alpha value is -3.26.